The lowest BCUT2D eigenvalue weighted by Crippen LogP contribution is -2.35. The van der Waals surface area contributed by atoms with Crippen molar-refractivity contribution in [3.63, 3.8) is 0 Å². The van der Waals surface area contributed by atoms with Gasteiger partial charge in [-0.05, 0) is 54.5 Å². The minimum atomic E-state index is -0.809. The molecule has 0 saturated carbocycles. The van der Waals surface area contributed by atoms with Crippen LogP contribution in [0.4, 0.5) is 5.69 Å². The summed E-state index contributed by atoms with van der Waals surface area (Å²) in [5.41, 5.74) is 1.15. The van der Waals surface area contributed by atoms with Gasteiger partial charge in [0, 0.05) is 23.4 Å². The first-order valence-corrected chi connectivity index (χ1v) is 12.3. The Bertz CT molecular complexity index is 1780. The average molecular weight is 516 g/mol. The van der Waals surface area contributed by atoms with Gasteiger partial charge in [0.05, 0.1) is 21.6 Å². The van der Waals surface area contributed by atoms with Gasteiger partial charge in [0.1, 0.15) is 11.8 Å². The number of esters is 1. The molecule has 1 aliphatic heterocycles. The highest BCUT2D eigenvalue weighted by Crippen LogP contribution is 2.33. The van der Waals surface area contributed by atoms with Crippen LogP contribution in [0.15, 0.2) is 76.0 Å². The summed E-state index contributed by atoms with van der Waals surface area (Å²) in [6.07, 6.45) is 1.63. The van der Waals surface area contributed by atoms with Crippen LogP contribution in [0, 0.1) is 10.1 Å². The number of carbonyl (C=O) groups is 1. The molecule has 1 N–H and O–H groups in total. The van der Waals surface area contributed by atoms with Gasteiger partial charge in [-0.3, -0.25) is 19.5 Å². The molecule has 0 aliphatic carbocycles. The quantitative estimate of drug-likeness (QED) is 0.246. The fraction of sp³-hybridized carbons (Fsp3) is 0.148. The molecular formula is C27H21N3O6S. The van der Waals surface area contributed by atoms with Crippen LogP contribution in [0.2, 0.25) is 0 Å². The number of ether oxygens (including phenoxy) is 1. The third-order valence-electron chi connectivity index (χ3n) is 6.18. The van der Waals surface area contributed by atoms with Gasteiger partial charge < -0.3 is 9.84 Å². The summed E-state index contributed by atoms with van der Waals surface area (Å²) in [5, 5.41) is 23.4. The van der Waals surface area contributed by atoms with Gasteiger partial charge in [0.2, 0.25) is 0 Å². The molecule has 0 saturated heterocycles. The highest BCUT2D eigenvalue weighted by Gasteiger charge is 2.31. The highest BCUT2D eigenvalue weighted by molar-refractivity contribution is 7.07. The third kappa shape index (κ3) is 4.21. The molecule has 1 atom stereocenters. The molecule has 1 aromatic heterocycles. The molecule has 0 bridgehead atoms. The molecule has 4 aromatic rings. The van der Waals surface area contributed by atoms with E-state index in [2.05, 4.69) is 0 Å². The zero-order valence-corrected chi connectivity index (χ0v) is 20.7. The summed E-state index contributed by atoms with van der Waals surface area (Å²) in [6, 6.07) is 15.9. The summed E-state index contributed by atoms with van der Waals surface area (Å²) < 4.78 is 6.97. The number of aromatic hydroxyl groups is 1. The number of nitro benzene ring substituents is 1. The lowest BCUT2D eigenvalue weighted by atomic mass is 9.96. The molecular weight excluding hydrogens is 494 g/mol. The van der Waals surface area contributed by atoms with Gasteiger partial charge in [0.15, 0.2) is 4.80 Å². The molecule has 9 nitrogen and oxygen atoms in total. The Kier molecular flexibility index (Phi) is 6.18. The maximum Gasteiger partial charge on any atom is 0.338 e. The van der Waals surface area contributed by atoms with Crippen molar-refractivity contribution < 1.29 is 19.6 Å². The van der Waals surface area contributed by atoms with E-state index in [1.807, 2.05) is 24.3 Å². The normalized spacial score (nSPS) is 15.4. The maximum absolute atomic E-state index is 13.5. The zero-order valence-electron chi connectivity index (χ0n) is 19.9. The molecule has 0 fully saturated rings. The number of hydrogen-bond acceptors (Lipinski definition) is 8. The van der Waals surface area contributed by atoms with Crippen LogP contribution < -0.4 is 14.9 Å². The Hall–Kier alpha value is -4.57. The number of phenols is 1. The van der Waals surface area contributed by atoms with Crippen molar-refractivity contribution in [1.29, 1.82) is 0 Å². The number of non-ortho nitro benzene ring substituents is 1. The first-order chi connectivity index (χ1) is 17.8. The van der Waals surface area contributed by atoms with Crippen molar-refractivity contribution in [2.45, 2.75) is 19.9 Å². The Morgan fingerprint density at radius 2 is 1.92 bits per heavy atom. The van der Waals surface area contributed by atoms with Crippen molar-refractivity contribution in [2.75, 3.05) is 6.61 Å². The molecule has 0 unspecified atom stereocenters. The summed E-state index contributed by atoms with van der Waals surface area (Å²) in [7, 11) is 0. The van der Waals surface area contributed by atoms with Crippen LogP contribution in [-0.4, -0.2) is 27.2 Å². The Labute approximate surface area is 214 Å². The van der Waals surface area contributed by atoms with Crippen LogP contribution >= 0.6 is 11.3 Å². The highest BCUT2D eigenvalue weighted by atomic mass is 32.1. The van der Waals surface area contributed by atoms with E-state index in [4.69, 9.17) is 9.73 Å². The smallest absolute Gasteiger partial charge is 0.338 e. The van der Waals surface area contributed by atoms with Gasteiger partial charge >= 0.3 is 5.97 Å². The fourth-order valence-electron chi connectivity index (χ4n) is 4.40. The van der Waals surface area contributed by atoms with E-state index in [1.165, 1.54) is 16.7 Å². The Morgan fingerprint density at radius 3 is 2.62 bits per heavy atom. The molecule has 1 aliphatic rings. The number of nitro groups is 1. The Balaban J connectivity index is 1.74. The second-order valence-corrected chi connectivity index (χ2v) is 9.36. The van der Waals surface area contributed by atoms with Crippen molar-refractivity contribution in [1.82, 2.24) is 4.57 Å². The fourth-order valence-corrected chi connectivity index (χ4v) is 5.42. The first-order valence-electron chi connectivity index (χ1n) is 11.4. The molecule has 37 heavy (non-hydrogen) atoms. The number of thiazole rings is 1. The van der Waals surface area contributed by atoms with Gasteiger partial charge in [-0.15, -0.1) is 0 Å². The van der Waals surface area contributed by atoms with Crippen LogP contribution in [0.1, 0.15) is 31.0 Å². The molecule has 0 amide bonds. The van der Waals surface area contributed by atoms with Crippen molar-refractivity contribution >= 4 is 45.5 Å². The average Bonchev–Trinajstić information content (AvgIpc) is 3.20. The lowest BCUT2D eigenvalue weighted by molar-refractivity contribution is -0.384. The van der Waals surface area contributed by atoms with Crippen LogP contribution in [-0.2, 0) is 9.53 Å². The van der Waals surface area contributed by atoms with Crippen LogP contribution in [0.3, 0.4) is 0 Å². The SMILES string of the molecule is CCOC(=O)C1=C(C)n2c(s/c(=C\c3c(O)ccc4ccccc34)c2=O)=N[C@H]1c1ccc([N+](=O)[O-])cc1. The molecule has 3 aromatic carbocycles. The summed E-state index contributed by atoms with van der Waals surface area (Å²) in [6.45, 7) is 3.46. The van der Waals surface area contributed by atoms with E-state index in [1.54, 1.807) is 44.2 Å². The largest absolute Gasteiger partial charge is 0.507 e. The monoisotopic (exact) mass is 515 g/mol. The maximum atomic E-state index is 13.5. The predicted molar refractivity (Wildman–Crippen MR) is 140 cm³/mol. The second kappa shape index (κ2) is 9.47. The van der Waals surface area contributed by atoms with E-state index in [0.717, 1.165) is 22.1 Å². The van der Waals surface area contributed by atoms with E-state index in [9.17, 15) is 24.8 Å². The number of fused-ring (bicyclic) bond motifs is 2. The van der Waals surface area contributed by atoms with E-state index in [0.29, 0.717) is 26.2 Å². The number of phenolic OH excluding ortho intramolecular Hbond substituents is 1. The minimum absolute atomic E-state index is 0.0367. The first kappa shape index (κ1) is 24.1. The van der Waals surface area contributed by atoms with Crippen molar-refractivity contribution in [3.8, 4) is 5.75 Å². The van der Waals surface area contributed by atoms with Crippen molar-refractivity contribution in [3.05, 3.63) is 107 Å². The zero-order chi connectivity index (χ0) is 26.3. The van der Waals surface area contributed by atoms with Gasteiger partial charge in [-0.2, -0.15) is 0 Å². The summed E-state index contributed by atoms with van der Waals surface area (Å²) >= 11 is 1.13. The van der Waals surface area contributed by atoms with Gasteiger partial charge in [0.25, 0.3) is 11.2 Å². The van der Waals surface area contributed by atoms with E-state index in [-0.39, 0.29) is 29.2 Å². The van der Waals surface area contributed by atoms with Crippen LogP contribution in [0.25, 0.3) is 22.5 Å². The number of hydrogen-bond donors (Lipinski definition) is 1. The number of carbonyl (C=O) groups excluding carboxylic acids is 1. The second-order valence-electron chi connectivity index (χ2n) is 8.35. The topological polar surface area (TPSA) is 124 Å². The molecule has 0 spiro atoms. The standard InChI is InChI=1S/C27H21N3O6S/c1-3-36-26(33)23-15(2)29-25(32)22(14-20-19-7-5-4-6-16(19)10-13-21(20)31)37-27(29)28-24(23)17-8-11-18(12-9-17)30(34)35/h4-14,24,31H,3H2,1-2H3/b22-14-/t24-/m0/s1. The van der Waals surface area contributed by atoms with Crippen molar-refractivity contribution in [2.24, 2.45) is 4.99 Å². The number of aromatic nitrogens is 1. The minimum Gasteiger partial charge on any atom is -0.507 e. The van der Waals surface area contributed by atoms with E-state index < -0.39 is 16.9 Å². The molecule has 0 radical (unpaired) electrons. The Morgan fingerprint density at radius 1 is 1.19 bits per heavy atom. The third-order valence-corrected chi connectivity index (χ3v) is 7.17. The lowest BCUT2D eigenvalue weighted by Gasteiger charge is -2.22. The number of benzene rings is 3. The predicted octanol–water partition coefficient (Wildman–Crippen LogP) is 3.67. The van der Waals surface area contributed by atoms with Gasteiger partial charge in [-0.1, -0.05) is 41.7 Å². The summed E-state index contributed by atoms with van der Waals surface area (Å²) in [5.74, 6) is -0.581. The number of nitrogens with zero attached hydrogens (tertiary/aromatic N) is 3. The number of rotatable bonds is 5. The summed E-state index contributed by atoms with van der Waals surface area (Å²) in [4.78, 5) is 42.1. The van der Waals surface area contributed by atoms with Gasteiger partial charge in [-0.25, -0.2) is 9.79 Å². The molecule has 2 heterocycles. The molecule has 5 rings (SSSR count). The molecule has 186 valence electrons. The van der Waals surface area contributed by atoms with Crippen LogP contribution in [0.5, 0.6) is 5.75 Å². The van der Waals surface area contributed by atoms with E-state index >= 15 is 0 Å². The molecule has 10 heteroatoms. The number of allylic oxidation sites excluding steroid dienone is 1.